The topological polar surface area (TPSA) is 75.3 Å². The summed E-state index contributed by atoms with van der Waals surface area (Å²) in [6.07, 6.45) is -3.03. The molecule has 3 saturated heterocycles. The number of ether oxygens (including phenoxy) is 5. The highest BCUT2D eigenvalue weighted by molar-refractivity contribution is 5.95. The van der Waals surface area contributed by atoms with Gasteiger partial charge in [-0.3, -0.25) is 4.79 Å². The van der Waals surface area contributed by atoms with Crippen LogP contribution in [0.2, 0.25) is 0 Å². The zero-order chi connectivity index (χ0) is 19.6. The van der Waals surface area contributed by atoms with Crippen LogP contribution < -0.4 is 5.32 Å². The van der Waals surface area contributed by atoms with E-state index in [0.717, 1.165) is 16.8 Å². The van der Waals surface area contributed by atoms with Crippen molar-refractivity contribution in [2.24, 2.45) is 0 Å². The zero-order valence-electron chi connectivity index (χ0n) is 16.6. The highest BCUT2D eigenvalue weighted by Crippen LogP contribution is 2.44. The number of anilines is 1. The second kappa shape index (κ2) is 6.25. The van der Waals surface area contributed by atoms with Crippen LogP contribution in [0.4, 0.5) is 5.69 Å². The minimum atomic E-state index is -0.865. The van der Waals surface area contributed by atoms with Gasteiger partial charge in [-0.05, 0) is 58.7 Å². The molecule has 1 N–H and O–H groups in total. The number of carbonyl (C=O) groups is 1. The second-order valence-electron chi connectivity index (χ2n) is 8.40. The van der Waals surface area contributed by atoms with Gasteiger partial charge in [0, 0.05) is 5.69 Å². The molecule has 0 radical (unpaired) electrons. The predicted octanol–water partition coefficient (Wildman–Crippen LogP) is 2.64. The molecule has 7 heteroatoms. The van der Waals surface area contributed by atoms with E-state index in [9.17, 15) is 4.79 Å². The van der Waals surface area contributed by atoms with E-state index in [4.69, 9.17) is 23.7 Å². The first-order chi connectivity index (χ1) is 12.5. The average Bonchev–Trinajstić information content (AvgIpc) is 3.04. The first-order valence-corrected chi connectivity index (χ1v) is 9.29. The summed E-state index contributed by atoms with van der Waals surface area (Å²) < 4.78 is 29.8. The fourth-order valence-corrected chi connectivity index (χ4v) is 3.90. The third-order valence-electron chi connectivity index (χ3n) is 5.06. The maximum absolute atomic E-state index is 13.1. The van der Waals surface area contributed by atoms with Crippen molar-refractivity contribution in [3.63, 3.8) is 0 Å². The van der Waals surface area contributed by atoms with Gasteiger partial charge in [-0.1, -0.05) is 12.1 Å². The molecule has 0 aromatic heterocycles. The highest BCUT2D eigenvalue weighted by atomic mass is 16.9. The van der Waals surface area contributed by atoms with Crippen LogP contribution in [-0.2, 0) is 28.5 Å². The van der Waals surface area contributed by atoms with Gasteiger partial charge < -0.3 is 29.0 Å². The number of aryl methyl sites for hydroxylation is 2. The molecule has 0 aliphatic carbocycles. The number of hydrogen-bond acceptors (Lipinski definition) is 6. The van der Waals surface area contributed by atoms with E-state index in [-0.39, 0.29) is 5.91 Å². The Labute approximate surface area is 159 Å². The van der Waals surface area contributed by atoms with Crippen molar-refractivity contribution in [1.29, 1.82) is 0 Å². The van der Waals surface area contributed by atoms with Gasteiger partial charge in [-0.25, -0.2) is 0 Å². The van der Waals surface area contributed by atoms with Crippen LogP contribution in [0.25, 0.3) is 0 Å². The van der Waals surface area contributed by atoms with E-state index in [1.165, 1.54) is 0 Å². The Morgan fingerprint density at radius 1 is 0.926 bits per heavy atom. The fraction of sp³-hybridized carbons (Fsp3) is 0.650. The summed E-state index contributed by atoms with van der Waals surface area (Å²) in [6.45, 7) is 11.2. The number of carbonyl (C=O) groups excluding carboxylic acids is 1. The first kappa shape index (κ1) is 18.8. The summed E-state index contributed by atoms with van der Waals surface area (Å²) in [4.78, 5) is 13.1. The Balaban J connectivity index is 1.60. The van der Waals surface area contributed by atoms with Crippen LogP contribution in [0.5, 0.6) is 0 Å². The molecule has 27 heavy (non-hydrogen) atoms. The number of amides is 1. The lowest BCUT2D eigenvalue weighted by Crippen LogP contribution is -2.58. The van der Waals surface area contributed by atoms with Gasteiger partial charge in [0.15, 0.2) is 24.0 Å². The van der Waals surface area contributed by atoms with Crippen molar-refractivity contribution in [3.8, 4) is 0 Å². The molecule has 148 valence electrons. The third-order valence-corrected chi connectivity index (χ3v) is 5.06. The average molecular weight is 377 g/mol. The van der Waals surface area contributed by atoms with Crippen molar-refractivity contribution in [3.05, 3.63) is 29.3 Å². The minimum Gasteiger partial charge on any atom is -0.342 e. The molecule has 7 nitrogen and oxygen atoms in total. The van der Waals surface area contributed by atoms with Crippen molar-refractivity contribution in [2.75, 3.05) is 5.32 Å². The summed E-state index contributed by atoms with van der Waals surface area (Å²) in [5.74, 6) is -1.93. The van der Waals surface area contributed by atoms with Crippen LogP contribution in [0, 0.1) is 13.8 Å². The molecule has 0 bridgehead atoms. The lowest BCUT2D eigenvalue weighted by atomic mass is 9.98. The Hall–Kier alpha value is -1.51. The number of benzene rings is 1. The van der Waals surface area contributed by atoms with Crippen molar-refractivity contribution < 1.29 is 28.5 Å². The van der Waals surface area contributed by atoms with Gasteiger partial charge in [0.1, 0.15) is 18.3 Å². The maximum Gasteiger partial charge on any atom is 0.256 e. The number of hydrogen-bond donors (Lipinski definition) is 1. The first-order valence-electron chi connectivity index (χ1n) is 9.29. The highest BCUT2D eigenvalue weighted by Gasteiger charge is 2.62. The van der Waals surface area contributed by atoms with E-state index in [0.29, 0.717) is 0 Å². The Morgan fingerprint density at radius 2 is 1.56 bits per heavy atom. The van der Waals surface area contributed by atoms with Crippen LogP contribution in [-0.4, -0.2) is 48.2 Å². The van der Waals surface area contributed by atoms with E-state index in [2.05, 4.69) is 5.32 Å². The normalized spacial score (nSPS) is 36.1. The minimum absolute atomic E-state index is 0.285. The van der Waals surface area contributed by atoms with E-state index in [1.807, 2.05) is 59.7 Å². The molecule has 1 aromatic rings. The number of nitrogens with one attached hydrogen (secondary N) is 1. The molecule has 1 amide bonds. The van der Waals surface area contributed by atoms with E-state index in [1.54, 1.807) is 0 Å². The summed E-state index contributed by atoms with van der Waals surface area (Å²) in [6, 6.07) is 5.91. The molecule has 5 atom stereocenters. The second-order valence-corrected chi connectivity index (χ2v) is 8.40. The molecule has 3 aliphatic rings. The molecule has 0 unspecified atom stereocenters. The third kappa shape index (κ3) is 3.50. The molecule has 0 spiro atoms. The molecular formula is C20H27NO6. The maximum atomic E-state index is 13.1. The summed E-state index contributed by atoms with van der Waals surface area (Å²) in [5, 5.41) is 2.97. The lowest BCUT2D eigenvalue weighted by molar-refractivity contribution is -0.229. The van der Waals surface area contributed by atoms with Gasteiger partial charge in [0.2, 0.25) is 0 Å². The monoisotopic (exact) mass is 377 g/mol. The zero-order valence-corrected chi connectivity index (χ0v) is 16.6. The van der Waals surface area contributed by atoms with Gasteiger partial charge in [-0.2, -0.15) is 0 Å². The Bertz CT molecular complexity index is 761. The molecular weight excluding hydrogens is 350 g/mol. The summed E-state index contributed by atoms with van der Waals surface area (Å²) in [5.41, 5.74) is 2.79. The Morgan fingerprint density at radius 3 is 2.30 bits per heavy atom. The lowest BCUT2D eigenvalue weighted by Gasteiger charge is -2.36. The SMILES string of the molecule is Cc1ccc(C)c(NC(=O)[C@H]2O[C@H]3OC(C)(C)O[C@@H]3[C@H]3OC(C)(C)O[C@@H]32)c1. The fourth-order valence-electron chi connectivity index (χ4n) is 3.90. The van der Waals surface area contributed by atoms with Crippen LogP contribution in [0.3, 0.4) is 0 Å². The van der Waals surface area contributed by atoms with E-state index >= 15 is 0 Å². The predicted molar refractivity (Wildman–Crippen MR) is 97.1 cm³/mol. The number of fused-ring (bicyclic) bond motifs is 3. The molecule has 3 heterocycles. The van der Waals surface area contributed by atoms with Gasteiger partial charge in [0.25, 0.3) is 5.91 Å². The number of rotatable bonds is 2. The largest absolute Gasteiger partial charge is 0.342 e. The van der Waals surface area contributed by atoms with Gasteiger partial charge >= 0.3 is 0 Å². The van der Waals surface area contributed by atoms with Crippen molar-refractivity contribution >= 4 is 11.6 Å². The van der Waals surface area contributed by atoms with Gasteiger partial charge in [-0.15, -0.1) is 0 Å². The molecule has 3 aliphatic heterocycles. The molecule has 1 aromatic carbocycles. The van der Waals surface area contributed by atoms with Crippen LogP contribution in [0.1, 0.15) is 38.8 Å². The summed E-state index contributed by atoms with van der Waals surface area (Å²) in [7, 11) is 0. The standard InChI is InChI=1S/C20H27NO6/c1-10-7-8-11(2)12(9-10)21-17(22)15-13-14(25-19(3,4)24-13)16-18(23-15)27-20(5,6)26-16/h7-9,13-16,18H,1-6H3,(H,21,22)/t13-,14-,15-,16+,18-/m0/s1. The molecule has 0 saturated carbocycles. The smallest absolute Gasteiger partial charge is 0.256 e. The Kier molecular flexibility index (Phi) is 4.36. The summed E-state index contributed by atoms with van der Waals surface area (Å²) >= 11 is 0. The van der Waals surface area contributed by atoms with Crippen molar-refractivity contribution in [2.45, 2.75) is 83.8 Å². The van der Waals surface area contributed by atoms with Crippen LogP contribution in [0.15, 0.2) is 18.2 Å². The van der Waals surface area contributed by atoms with E-state index < -0.39 is 42.3 Å². The van der Waals surface area contributed by atoms with Gasteiger partial charge in [0.05, 0.1) is 0 Å². The molecule has 4 rings (SSSR count). The quantitative estimate of drug-likeness (QED) is 0.854. The van der Waals surface area contributed by atoms with Crippen LogP contribution >= 0.6 is 0 Å². The van der Waals surface area contributed by atoms with Crippen molar-refractivity contribution in [1.82, 2.24) is 0 Å². The molecule has 3 fully saturated rings.